The average molecular weight is 504 g/mol. The molecular formula is C25H26ClN9O. The van der Waals surface area contributed by atoms with Crippen molar-refractivity contribution >= 4 is 46.4 Å². The van der Waals surface area contributed by atoms with Gasteiger partial charge >= 0.3 is 0 Å². The van der Waals surface area contributed by atoms with Crippen molar-refractivity contribution < 1.29 is 4.74 Å². The number of aromatic nitrogens is 6. The van der Waals surface area contributed by atoms with E-state index in [-0.39, 0.29) is 12.4 Å². The summed E-state index contributed by atoms with van der Waals surface area (Å²) < 4.78 is 7.79. The van der Waals surface area contributed by atoms with Crippen LogP contribution < -0.4 is 20.3 Å². The molecule has 11 heteroatoms. The van der Waals surface area contributed by atoms with Crippen molar-refractivity contribution in [2.75, 3.05) is 29.9 Å². The summed E-state index contributed by atoms with van der Waals surface area (Å²) in [6, 6.07) is 14.1. The second kappa shape index (κ2) is 9.92. The maximum atomic E-state index is 6.10. The fraction of sp³-hybridized carbons (Fsp3) is 0.240. The first-order valence-corrected chi connectivity index (χ1v) is 11.6. The molecule has 0 spiro atoms. The summed E-state index contributed by atoms with van der Waals surface area (Å²) in [6.45, 7) is 6.98. The highest BCUT2D eigenvalue weighted by atomic mass is 35.5. The Bertz CT molecular complexity index is 1520. The zero-order valence-electron chi connectivity index (χ0n) is 19.9. The van der Waals surface area contributed by atoms with Crippen molar-refractivity contribution in [3.05, 3.63) is 66.9 Å². The predicted molar refractivity (Wildman–Crippen MR) is 142 cm³/mol. The lowest BCUT2D eigenvalue weighted by atomic mass is 10.2. The predicted octanol–water partition coefficient (Wildman–Crippen LogP) is 4.13. The molecule has 0 saturated carbocycles. The van der Waals surface area contributed by atoms with E-state index in [2.05, 4.69) is 42.5 Å². The smallest absolute Gasteiger partial charge is 0.160 e. The monoisotopic (exact) mass is 503 g/mol. The molecule has 36 heavy (non-hydrogen) atoms. The third-order valence-corrected chi connectivity index (χ3v) is 6.08. The Hall–Kier alpha value is -4.02. The van der Waals surface area contributed by atoms with Crippen LogP contribution >= 0.6 is 12.4 Å². The van der Waals surface area contributed by atoms with Gasteiger partial charge in [0.15, 0.2) is 11.5 Å². The molecule has 1 fully saturated rings. The Balaban J connectivity index is 0.00000267. The van der Waals surface area contributed by atoms with Gasteiger partial charge in [0.1, 0.15) is 35.5 Å². The first-order chi connectivity index (χ1) is 17.1. The number of benzene rings is 1. The zero-order chi connectivity index (χ0) is 23.8. The van der Waals surface area contributed by atoms with Crippen molar-refractivity contribution in [3.63, 3.8) is 0 Å². The SMILES string of the molecule is Cc1cc(Nc2ncnc3ccc(N4CCNC(C)C4)nc23)ccc1Oc1ccn2ncnc2c1.Cl. The van der Waals surface area contributed by atoms with Gasteiger partial charge in [0.2, 0.25) is 0 Å². The number of rotatable bonds is 5. The molecule has 184 valence electrons. The minimum atomic E-state index is 0. The Labute approximate surface area is 214 Å². The fourth-order valence-corrected chi connectivity index (χ4v) is 4.30. The molecule has 0 radical (unpaired) electrons. The molecule has 1 atom stereocenters. The maximum Gasteiger partial charge on any atom is 0.160 e. The van der Waals surface area contributed by atoms with Gasteiger partial charge in [0.25, 0.3) is 0 Å². The van der Waals surface area contributed by atoms with Gasteiger partial charge in [0, 0.05) is 43.6 Å². The topological polar surface area (TPSA) is 105 Å². The molecule has 1 unspecified atom stereocenters. The van der Waals surface area contributed by atoms with E-state index in [0.29, 0.717) is 17.6 Å². The average Bonchev–Trinajstić information content (AvgIpc) is 3.34. The van der Waals surface area contributed by atoms with Gasteiger partial charge in [-0.2, -0.15) is 5.10 Å². The van der Waals surface area contributed by atoms with Crippen LogP contribution in [0.15, 0.2) is 61.3 Å². The third-order valence-electron chi connectivity index (χ3n) is 6.08. The third kappa shape index (κ3) is 4.73. The molecule has 2 N–H and O–H groups in total. The Morgan fingerprint density at radius 3 is 2.83 bits per heavy atom. The summed E-state index contributed by atoms with van der Waals surface area (Å²) in [5.74, 6) is 3.08. The highest BCUT2D eigenvalue weighted by Crippen LogP contribution is 2.30. The molecule has 0 amide bonds. The molecule has 0 bridgehead atoms. The number of piperazine rings is 1. The number of fused-ring (bicyclic) bond motifs is 2. The maximum absolute atomic E-state index is 6.10. The van der Waals surface area contributed by atoms with Gasteiger partial charge in [-0.25, -0.2) is 24.5 Å². The molecular weight excluding hydrogens is 478 g/mol. The number of aryl methyl sites for hydroxylation is 1. The van der Waals surface area contributed by atoms with Gasteiger partial charge in [0.05, 0.1) is 5.52 Å². The normalized spacial score (nSPS) is 15.6. The van der Waals surface area contributed by atoms with E-state index in [9.17, 15) is 0 Å². The lowest BCUT2D eigenvalue weighted by Gasteiger charge is -2.32. The summed E-state index contributed by atoms with van der Waals surface area (Å²) in [6.07, 6.45) is 4.90. The summed E-state index contributed by atoms with van der Waals surface area (Å²) >= 11 is 0. The molecule has 5 heterocycles. The lowest BCUT2D eigenvalue weighted by molar-refractivity contribution is 0.478. The Morgan fingerprint density at radius 2 is 1.97 bits per heavy atom. The van der Waals surface area contributed by atoms with Crippen LogP contribution in [0, 0.1) is 6.92 Å². The van der Waals surface area contributed by atoms with E-state index in [4.69, 9.17) is 9.72 Å². The van der Waals surface area contributed by atoms with E-state index in [0.717, 1.165) is 59.1 Å². The highest BCUT2D eigenvalue weighted by molar-refractivity contribution is 5.88. The van der Waals surface area contributed by atoms with E-state index in [1.165, 1.54) is 6.33 Å². The number of hydrogen-bond donors (Lipinski definition) is 2. The Morgan fingerprint density at radius 1 is 1.06 bits per heavy atom. The summed E-state index contributed by atoms with van der Waals surface area (Å²) in [4.78, 5) is 20.3. The van der Waals surface area contributed by atoms with E-state index < -0.39 is 0 Å². The van der Waals surface area contributed by atoms with Crippen LogP contribution in [0.2, 0.25) is 0 Å². The second-order valence-corrected chi connectivity index (χ2v) is 8.69. The van der Waals surface area contributed by atoms with Crippen LogP contribution in [0.1, 0.15) is 12.5 Å². The number of halogens is 1. The quantitative estimate of drug-likeness (QED) is 0.366. The molecule has 1 aliphatic heterocycles. The first kappa shape index (κ1) is 23.7. The van der Waals surface area contributed by atoms with Crippen LogP contribution in [-0.2, 0) is 0 Å². The highest BCUT2D eigenvalue weighted by Gasteiger charge is 2.18. The molecule has 1 saturated heterocycles. The molecule has 10 nitrogen and oxygen atoms in total. The van der Waals surface area contributed by atoms with Crippen LogP contribution in [0.4, 0.5) is 17.3 Å². The van der Waals surface area contributed by atoms with Gasteiger partial charge < -0.3 is 20.3 Å². The van der Waals surface area contributed by atoms with Crippen molar-refractivity contribution in [1.29, 1.82) is 0 Å². The largest absolute Gasteiger partial charge is 0.457 e. The molecule has 4 aromatic heterocycles. The standard InChI is InChI=1S/C25H25N9O.ClH/c1-16-11-18(3-5-21(16)35-19-7-9-34-23(12-19)28-15-30-34)31-25-24-20(27-14-29-25)4-6-22(32-24)33-10-8-26-17(2)13-33;/h3-7,9,11-12,14-15,17,26H,8,10,13H2,1-2H3,(H,27,29,31);1H. The fourth-order valence-electron chi connectivity index (χ4n) is 4.30. The van der Waals surface area contributed by atoms with E-state index in [1.807, 2.05) is 55.6 Å². The summed E-state index contributed by atoms with van der Waals surface area (Å²) in [5.41, 5.74) is 4.16. The van der Waals surface area contributed by atoms with Gasteiger partial charge in [-0.3, -0.25) is 0 Å². The van der Waals surface area contributed by atoms with Gasteiger partial charge in [-0.15, -0.1) is 12.4 Å². The number of pyridine rings is 2. The van der Waals surface area contributed by atoms with Crippen molar-refractivity contribution in [2.45, 2.75) is 19.9 Å². The number of anilines is 3. The Kier molecular flexibility index (Phi) is 6.53. The number of ether oxygens (including phenoxy) is 1. The van der Waals surface area contributed by atoms with Crippen LogP contribution in [-0.4, -0.2) is 55.2 Å². The molecule has 5 aromatic rings. The zero-order valence-corrected chi connectivity index (χ0v) is 20.7. The van der Waals surface area contributed by atoms with Crippen LogP contribution in [0.3, 0.4) is 0 Å². The summed E-state index contributed by atoms with van der Waals surface area (Å²) in [5, 5.41) is 11.0. The van der Waals surface area contributed by atoms with Gasteiger partial charge in [-0.05, 0) is 55.8 Å². The van der Waals surface area contributed by atoms with Gasteiger partial charge in [-0.1, -0.05) is 0 Å². The second-order valence-electron chi connectivity index (χ2n) is 8.69. The number of nitrogens with one attached hydrogen (secondary N) is 2. The number of hydrogen-bond acceptors (Lipinski definition) is 9. The minimum Gasteiger partial charge on any atom is -0.457 e. The van der Waals surface area contributed by atoms with Crippen molar-refractivity contribution in [3.8, 4) is 11.5 Å². The molecule has 0 aliphatic carbocycles. The summed E-state index contributed by atoms with van der Waals surface area (Å²) in [7, 11) is 0. The first-order valence-electron chi connectivity index (χ1n) is 11.6. The van der Waals surface area contributed by atoms with Crippen molar-refractivity contribution in [1.82, 2.24) is 34.9 Å². The number of nitrogens with zero attached hydrogens (tertiary/aromatic N) is 7. The minimum absolute atomic E-state index is 0. The van der Waals surface area contributed by atoms with Crippen molar-refractivity contribution in [2.24, 2.45) is 0 Å². The van der Waals surface area contributed by atoms with Crippen LogP contribution in [0.5, 0.6) is 11.5 Å². The lowest BCUT2D eigenvalue weighted by Crippen LogP contribution is -2.49. The van der Waals surface area contributed by atoms with E-state index in [1.54, 1.807) is 10.8 Å². The molecule has 1 aromatic carbocycles. The molecule has 1 aliphatic rings. The molecule has 6 rings (SSSR count). The van der Waals surface area contributed by atoms with Crippen LogP contribution in [0.25, 0.3) is 16.7 Å². The van der Waals surface area contributed by atoms with E-state index >= 15 is 0 Å².